The molecule has 7 heteroatoms. The van der Waals surface area contributed by atoms with Crippen molar-refractivity contribution in [1.82, 2.24) is 10.2 Å². The van der Waals surface area contributed by atoms with E-state index in [1.165, 1.54) is 18.5 Å². The first-order chi connectivity index (χ1) is 12.9. The van der Waals surface area contributed by atoms with Crippen LogP contribution < -0.4 is 10.2 Å². The Morgan fingerprint density at radius 2 is 1.74 bits per heavy atom. The molecule has 1 N–H and O–H groups in total. The predicted molar refractivity (Wildman–Crippen MR) is 101 cm³/mol. The van der Waals surface area contributed by atoms with Crippen LogP contribution in [-0.4, -0.2) is 55.5 Å². The topological polar surface area (TPSA) is 79.0 Å². The normalized spacial score (nSPS) is 19.9. The lowest BCUT2D eigenvalue weighted by Gasteiger charge is -2.32. The first kappa shape index (κ1) is 19.4. The van der Waals surface area contributed by atoms with E-state index in [1.54, 1.807) is 0 Å². The maximum atomic E-state index is 12.2. The number of carbonyl (C=O) groups is 3. The molecule has 2 heterocycles. The number of morpholine rings is 1. The molecule has 1 aromatic carbocycles. The van der Waals surface area contributed by atoms with Crippen LogP contribution in [0.4, 0.5) is 5.69 Å². The molecule has 1 atom stereocenters. The van der Waals surface area contributed by atoms with Crippen LogP contribution in [0, 0.1) is 5.92 Å². The Labute approximate surface area is 159 Å². The summed E-state index contributed by atoms with van der Waals surface area (Å²) >= 11 is 0. The summed E-state index contributed by atoms with van der Waals surface area (Å²) in [5.74, 6) is -0.523. The Kier molecular flexibility index (Phi) is 6.11. The molecular weight excluding hydrogens is 346 g/mol. The second-order valence-electron chi connectivity index (χ2n) is 7.42. The van der Waals surface area contributed by atoms with Crippen molar-refractivity contribution in [1.29, 1.82) is 0 Å². The van der Waals surface area contributed by atoms with Crippen LogP contribution in [0.1, 0.15) is 38.3 Å². The average Bonchev–Trinajstić information content (AvgIpc) is 2.65. The van der Waals surface area contributed by atoms with E-state index in [4.69, 9.17) is 4.74 Å². The molecule has 3 rings (SSSR count). The lowest BCUT2D eigenvalue weighted by Crippen LogP contribution is -2.50. The highest BCUT2D eigenvalue weighted by molar-refractivity contribution is 6.01. The van der Waals surface area contributed by atoms with E-state index < -0.39 is 11.8 Å². The SMILES string of the molecule is CC1CCN(c2ccc(C(C)NC(=O)CN3C(=O)COCC3=O)cc2)CC1. The molecular formula is C20H27N3O4. The minimum Gasteiger partial charge on any atom is -0.372 e. The molecule has 2 aliphatic rings. The van der Waals surface area contributed by atoms with Crippen LogP contribution in [0.2, 0.25) is 0 Å². The van der Waals surface area contributed by atoms with Crippen molar-refractivity contribution in [3.63, 3.8) is 0 Å². The number of nitrogens with one attached hydrogen (secondary N) is 1. The smallest absolute Gasteiger partial charge is 0.255 e. The average molecular weight is 373 g/mol. The van der Waals surface area contributed by atoms with Crippen molar-refractivity contribution in [3.05, 3.63) is 29.8 Å². The van der Waals surface area contributed by atoms with Gasteiger partial charge in [0.15, 0.2) is 0 Å². The number of hydrogen-bond donors (Lipinski definition) is 1. The Hall–Kier alpha value is -2.41. The minimum atomic E-state index is -0.478. The van der Waals surface area contributed by atoms with Crippen molar-refractivity contribution in [2.45, 2.75) is 32.7 Å². The molecule has 1 unspecified atom stereocenters. The first-order valence-electron chi connectivity index (χ1n) is 9.49. The van der Waals surface area contributed by atoms with Gasteiger partial charge in [-0.15, -0.1) is 0 Å². The lowest BCUT2D eigenvalue weighted by atomic mass is 9.98. The van der Waals surface area contributed by atoms with E-state index in [0.717, 1.165) is 29.5 Å². The van der Waals surface area contributed by atoms with E-state index >= 15 is 0 Å². The number of imide groups is 1. The molecule has 1 aromatic rings. The van der Waals surface area contributed by atoms with Crippen molar-refractivity contribution < 1.29 is 19.1 Å². The fourth-order valence-corrected chi connectivity index (χ4v) is 3.45. The van der Waals surface area contributed by atoms with E-state index in [2.05, 4.69) is 29.3 Å². The maximum Gasteiger partial charge on any atom is 0.255 e. The second kappa shape index (κ2) is 8.52. The summed E-state index contributed by atoms with van der Waals surface area (Å²) in [5, 5.41) is 2.85. The molecule has 2 fully saturated rings. The van der Waals surface area contributed by atoms with Crippen LogP contribution in [0.5, 0.6) is 0 Å². The first-order valence-corrected chi connectivity index (χ1v) is 9.49. The van der Waals surface area contributed by atoms with Gasteiger partial charge in [0.25, 0.3) is 11.8 Å². The predicted octanol–water partition coefficient (Wildman–Crippen LogP) is 1.49. The van der Waals surface area contributed by atoms with Gasteiger partial charge in [-0.1, -0.05) is 19.1 Å². The Bertz CT molecular complexity index is 680. The summed E-state index contributed by atoms with van der Waals surface area (Å²) in [6.07, 6.45) is 2.43. The number of carbonyl (C=O) groups excluding carboxylic acids is 3. The number of anilines is 1. The van der Waals surface area contributed by atoms with Gasteiger partial charge in [-0.25, -0.2) is 0 Å². The molecule has 146 valence electrons. The second-order valence-corrected chi connectivity index (χ2v) is 7.42. The molecule has 3 amide bonds. The third-order valence-corrected chi connectivity index (χ3v) is 5.27. The third-order valence-electron chi connectivity index (χ3n) is 5.27. The Morgan fingerprint density at radius 3 is 2.33 bits per heavy atom. The highest BCUT2D eigenvalue weighted by Gasteiger charge is 2.28. The van der Waals surface area contributed by atoms with E-state index in [-0.39, 0.29) is 31.7 Å². The van der Waals surface area contributed by atoms with Gasteiger partial charge in [0.1, 0.15) is 19.8 Å². The summed E-state index contributed by atoms with van der Waals surface area (Å²) in [6.45, 7) is 5.75. The molecule has 0 aliphatic carbocycles. The maximum absolute atomic E-state index is 12.2. The van der Waals surface area contributed by atoms with Gasteiger partial charge in [-0.05, 0) is 43.4 Å². The van der Waals surface area contributed by atoms with Crippen molar-refractivity contribution >= 4 is 23.4 Å². The highest BCUT2D eigenvalue weighted by atomic mass is 16.5. The summed E-state index contributed by atoms with van der Waals surface area (Å²) in [5.41, 5.74) is 2.19. The zero-order valence-electron chi connectivity index (χ0n) is 15.9. The van der Waals surface area contributed by atoms with E-state index in [9.17, 15) is 14.4 Å². The molecule has 2 saturated heterocycles. The van der Waals surface area contributed by atoms with Gasteiger partial charge in [0.2, 0.25) is 5.91 Å². The number of piperidine rings is 1. The molecule has 0 aromatic heterocycles. The van der Waals surface area contributed by atoms with Crippen LogP contribution >= 0.6 is 0 Å². The Morgan fingerprint density at radius 1 is 1.15 bits per heavy atom. The summed E-state index contributed by atoms with van der Waals surface area (Å²) in [6, 6.07) is 8.00. The molecule has 0 saturated carbocycles. The zero-order chi connectivity index (χ0) is 19.4. The fraction of sp³-hybridized carbons (Fsp3) is 0.550. The van der Waals surface area contributed by atoms with Crippen LogP contribution in [0.25, 0.3) is 0 Å². The number of benzene rings is 1. The third kappa shape index (κ3) is 4.86. The Balaban J connectivity index is 1.54. The number of ether oxygens (including phenoxy) is 1. The largest absolute Gasteiger partial charge is 0.372 e. The van der Waals surface area contributed by atoms with Crippen molar-refractivity contribution in [2.75, 3.05) is 37.7 Å². The lowest BCUT2D eigenvalue weighted by molar-refractivity contribution is -0.160. The summed E-state index contributed by atoms with van der Waals surface area (Å²) < 4.78 is 4.85. The van der Waals surface area contributed by atoms with Gasteiger partial charge in [0, 0.05) is 18.8 Å². The van der Waals surface area contributed by atoms with Gasteiger partial charge >= 0.3 is 0 Å². The number of hydrogen-bond acceptors (Lipinski definition) is 5. The standard InChI is InChI=1S/C20H27N3O4/c1-14-7-9-22(10-8-14)17-5-3-16(4-6-17)15(2)21-18(24)11-23-19(25)12-27-13-20(23)26/h3-6,14-15H,7-13H2,1-2H3,(H,21,24). The number of amides is 3. The zero-order valence-corrected chi connectivity index (χ0v) is 15.9. The number of nitrogens with zero attached hydrogens (tertiary/aromatic N) is 2. The van der Waals surface area contributed by atoms with Gasteiger partial charge in [-0.3, -0.25) is 19.3 Å². The fourth-order valence-electron chi connectivity index (χ4n) is 3.45. The van der Waals surface area contributed by atoms with Crippen LogP contribution in [0.3, 0.4) is 0 Å². The molecule has 2 aliphatic heterocycles. The van der Waals surface area contributed by atoms with Crippen molar-refractivity contribution in [3.8, 4) is 0 Å². The molecule has 7 nitrogen and oxygen atoms in total. The van der Waals surface area contributed by atoms with Crippen LogP contribution in [0.15, 0.2) is 24.3 Å². The van der Waals surface area contributed by atoms with Crippen LogP contribution in [-0.2, 0) is 19.1 Å². The van der Waals surface area contributed by atoms with E-state index in [0.29, 0.717) is 0 Å². The molecule has 0 radical (unpaired) electrons. The summed E-state index contributed by atoms with van der Waals surface area (Å²) in [4.78, 5) is 39.0. The van der Waals surface area contributed by atoms with Gasteiger partial charge in [0.05, 0.1) is 6.04 Å². The van der Waals surface area contributed by atoms with Gasteiger partial charge < -0.3 is 15.0 Å². The minimum absolute atomic E-state index is 0.161. The number of rotatable bonds is 5. The monoisotopic (exact) mass is 373 g/mol. The molecule has 0 spiro atoms. The molecule has 27 heavy (non-hydrogen) atoms. The quantitative estimate of drug-likeness (QED) is 0.791. The molecule has 0 bridgehead atoms. The summed E-state index contributed by atoms with van der Waals surface area (Å²) in [7, 11) is 0. The van der Waals surface area contributed by atoms with Gasteiger partial charge in [-0.2, -0.15) is 0 Å². The highest BCUT2D eigenvalue weighted by Crippen LogP contribution is 2.24. The van der Waals surface area contributed by atoms with Crippen molar-refractivity contribution in [2.24, 2.45) is 5.92 Å². The van der Waals surface area contributed by atoms with E-state index in [1.807, 2.05) is 19.1 Å².